The summed E-state index contributed by atoms with van der Waals surface area (Å²) in [6.07, 6.45) is -3.66. The summed E-state index contributed by atoms with van der Waals surface area (Å²) in [7, 11) is -13.6. The molecule has 1 rings (SSSR count). The molecule has 160 valence electrons. The van der Waals surface area contributed by atoms with Crippen molar-refractivity contribution in [1.29, 1.82) is 0 Å². The van der Waals surface area contributed by atoms with Gasteiger partial charge >= 0.3 is 17.0 Å². The second kappa shape index (κ2) is 7.89. The molecule has 0 N–H and O–H groups in total. The molecule has 0 saturated heterocycles. The molecule has 1 aromatic rings. The second-order valence-electron chi connectivity index (χ2n) is 5.73. The zero-order valence-corrected chi connectivity index (χ0v) is 15.8. The minimum absolute atomic E-state index is 0.119. The lowest BCUT2D eigenvalue weighted by Crippen LogP contribution is -2.46. The molecule has 0 spiro atoms. The third-order valence-corrected chi connectivity index (χ3v) is 8.04. The van der Waals surface area contributed by atoms with Gasteiger partial charge in [0.05, 0.1) is 5.56 Å². The maximum absolute atomic E-state index is 12.7. The largest absolute Gasteiger partial charge is 0.498 e. The Morgan fingerprint density at radius 1 is 0.929 bits per heavy atom. The molecule has 0 aliphatic heterocycles. The number of halogens is 6. The summed E-state index contributed by atoms with van der Waals surface area (Å²) < 4.78 is 123. The lowest BCUT2D eigenvalue weighted by Gasteiger charge is -2.23. The van der Waals surface area contributed by atoms with E-state index in [9.17, 15) is 48.0 Å². The van der Waals surface area contributed by atoms with E-state index in [0.29, 0.717) is 0 Å². The van der Waals surface area contributed by atoms with E-state index in [0.717, 1.165) is 12.5 Å². The Balaban J connectivity index is 3.20. The maximum Gasteiger partial charge on any atom is 0.498 e. The minimum Gasteiger partial charge on any atom is -0.459 e. The summed E-state index contributed by atoms with van der Waals surface area (Å²) in [4.78, 5) is 11.9. The number of benzene rings is 1. The lowest BCUT2D eigenvalue weighted by atomic mass is 10.1. The number of hydrogen-bond acceptors (Lipinski definition) is 6. The van der Waals surface area contributed by atoms with Crippen molar-refractivity contribution in [2.24, 2.45) is 0 Å². The fourth-order valence-electron chi connectivity index (χ4n) is 1.98. The van der Waals surface area contributed by atoms with Gasteiger partial charge in [-0.25, -0.2) is 21.6 Å². The van der Waals surface area contributed by atoms with Crippen molar-refractivity contribution in [2.45, 2.75) is 42.0 Å². The van der Waals surface area contributed by atoms with E-state index in [4.69, 9.17) is 0 Å². The van der Waals surface area contributed by atoms with Crippen LogP contribution in [0.1, 0.15) is 29.3 Å². The van der Waals surface area contributed by atoms with Crippen LogP contribution >= 0.6 is 0 Å². The van der Waals surface area contributed by atoms with Crippen LogP contribution < -0.4 is 0 Å². The van der Waals surface area contributed by atoms with Gasteiger partial charge in [0.15, 0.2) is 4.58 Å². The van der Waals surface area contributed by atoms with E-state index in [1.165, 1.54) is 24.3 Å². The van der Waals surface area contributed by atoms with Gasteiger partial charge in [-0.1, -0.05) is 17.7 Å². The number of rotatable bonds is 6. The predicted molar refractivity (Wildman–Crippen MR) is 84.4 cm³/mol. The summed E-state index contributed by atoms with van der Waals surface area (Å²) >= 11 is 0. The van der Waals surface area contributed by atoms with Gasteiger partial charge in [0.2, 0.25) is 0 Å². The second-order valence-corrected chi connectivity index (χ2v) is 10.3. The molecule has 0 aliphatic carbocycles. The van der Waals surface area contributed by atoms with Crippen molar-refractivity contribution in [3.63, 3.8) is 0 Å². The summed E-state index contributed by atoms with van der Waals surface area (Å²) in [5, 5.41) is 0. The van der Waals surface area contributed by atoms with Crippen LogP contribution in [0, 0.1) is 6.92 Å². The number of carbonyl (C=O) groups is 1. The molecule has 6 nitrogen and oxygen atoms in total. The average Bonchev–Trinajstić information content (AvgIpc) is 2.50. The van der Waals surface area contributed by atoms with Crippen LogP contribution in [-0.4, -0.2) is 44.5 Å². The molecule has 1 unspecified atom stereocenters. The highest BCUT2D eigenvalue weighted by molar-refractivity contribution is 8.09. The molecule has 0 heterocycles. The Labute approximate surface area is 156 Å². The van der Waals surface area contributed by atoms with Gasteiger partial charge in [0.25, 0.3) is 19.7 Å². The number of esters is 1. The molecule has 0 aliphatic rings. The molecule has 14 heteroatoms. The van der Waals surface area contributed by atoms with Crippen molar-refractivity contribution in [3.8, 4) is 0 Å². The normalized spacial score (nSPS) is 14.8. The molecule has 1 aromatic carbocycles. The van der Waals surface area contributed by atoms with E-state index < -0.39 is 53.8 Å². The molecule has 1 atom stereocenters. The Hall–Kier alpha value is -1.83. The van der Waals surface area contributed by atoms with Crippen LogP contribution in [0.25, 0.3) is 0 Å². The number of aryl methyl sites for hydroxylation is 1. The van der Waals surface area contributed by atoms with Crippen LogP contribution in [0.3, 0.4) is 0 Å². The molecular formula is C14H14F6O6S2. The maximum atomic E-state index is 12.7. The highest BCUT2D eigenvalue weighted by atomic mass is 32.3. The highest BCUT2D eigenvalue weighted by Gasteiger charge is 2.63. The van der Waals surface area contributed by atoms with Crippen LogP contribution in [0.5, 0.6) is 0 Å². The Morgan fingerprint density at radius 2 is 1.32 bits per heavy atom. The first-order valence-electron chi connectivity index (χ1n) is 7.29. The third-order valence-electron chi connectivity index (χ3n) is 3.46. The highest BCUT2D eigenvalue weighted by Crippen LogP contribution is 2.38. The Morgan fingerprint density at radius 3 is 1.68 bits per heavy atom. The first kappa shape index (κ1) is 24.2. The lowest BCUT2D eigenvalue weighted by molar-refractivity contribution is -0.0476. The van der Waals surface area contributed by atoms with Crippen LogP contribution in [0.4, 0.5) is 26.3 Å². The fourth-order valence-corrected chi connectivity index (χ4v) is 5.61. The monoisotopic (exact) mass is 456 g/mol. The number of hydrogen-bond donors (Lipinski definition) is 0. The van der Waals surface area contributed by atoms with Crippen molar-refractivity contribution in [1.82, 2.24) is 0 Å². The number of ether oxygens (including phenoxy) is 1. The third kappa shape index (κ3) is 5.16. The fraction of sp³-hybridized carbons (Fsp3) is 0.500. The van der Waals surface area contributed by atoms with E-state index in [2.05, 4.69) is 4.74 Å². The predicted octanol–water partition coefficient (Wildman–Crippen LogP) is 3.13. The summed E-state index contributed by atoms with van der Waals surface area (Å²) in [6.45, 7) is 2.45. The molecule has 0 aromatic heterocycles. The summed E-state index contributed by atoms with van der Waals surface area (Å²) in [5.74, 6) is -1.18. The molecule has 0 fully saturated rings. The zero-order valence-electron chi connectivity index (χ0n) is 14.2. The van der Waals surface area contributed by atoms with Gasteiger partial charge in [0.1, 0.15) is 6.10 Å². The first-order chi connectivity index (χ1) is 12.4. The van der Waals surface area contributed by atoms with E-state index in [1.807, 2.05) is 0 Å². The van der Waals surface area contributed by atoms with Crippen molar-refractivity contribution < 1.29 is 52.7 Å². The van der Waals surface area contributed by atoms with Gasteiger partial charge in [-0.15, -0.1) is 0 Å². The van der Waals surface area contributed by atoms with E-state index >= 15 is 0 Å². The van der Waals surface area contributed by atoms with Gasteiger partial charge in [-0.2, -0.15) is 26.3 Å². The van der Waals surface area contributed by atoms with Gasteiger partial charge in [-0.3, -0.25) is 0 Å². The zero-order chi connectivity index (χ0) is 22.1. The Kier molecular flexibility index (Phi) is 6.82. The summed E-state index contributed by atoms with van der Waals surface area (Å²) in [5.41, 5.74) is -11.9. The Bertz CT molecular complexity index is 873. The topological polar surface area (TPSA) is 94.6 Å². The average molecular weight is 456 g/mol. The smallest absolute Gasteiger partial charge is 0.459 e. The molecule has 28 heavy (non-hydrogen) atoms. The SMILES string of the molecule is Cc1ccc(C(=O)OC(C)CC(S(=O)(=O)C(F)(F)F)S(=O)(=O)C(F)(F)F)cc1. The van der Waals surface area contributed by atoms with Crippen LogP contribution in [-0.2, 0) is 24.4 Å². The number of carbonyl (C=O) groups excluding carboxylic acids is 1. The molecular weight excluding hydrogens is 442 g/mol. The first-order valence-corrected chi connectivity index (χ1v) is 10.4. The van der Waals surface area contributed by atoms with Gasteiger partial charge in [0, 0.05) is 6.42 Å². The summed E-state index contributed by atoms with van der Waals surface area (Å²) in [6, 6.07) is 5.43. The molecule has 0 radical (unpaired) electrons. The van der Waals surface area contributed by atoms with Crippen LogP contribution in [0.15, 0.2) is 24.3 Å². The van der Waals surface area contributed by atoms with E-state index in [-0.39, 0.29) is 5.56 Å². The molecule has 0 amide bonds. The molecule has 0 saturated carbocycles. The van der Waals surface area contributed by atoms with Crippen molar-refractivity contribution >= 4 is 25.6 Å². The quantitative estimate of drug-likeness (QED) is 0.482. The standard InChI is InChI=1S/C14H14F6O6S2/c1-8-3-5-10(6-4-8)12(21)26-9(2)7-11(27(22,23)13(15,16)17)28(24,25)14(18,19)20/h3-6,9,11H,7H2,1-2H3. The van der Waals surface area contributed by atoms with Crippen LogP contribution in [0.2, 0.25) is 0 Å². The number of alkyl halides is 6. The van der Waals surface area contributed by atoms with Crippen molar-refractivity contribution in [3.05, 3.63) is 35.4 Å². The number of sulfone groups is 2. The van der Waals surface area contributed by atoms with E-state index in [1.54, 1.807) is 6.92 Å². The van der Waals surface area contributed by atoms with Crippen molar-refractivity contribution in [2.75, 3.05) is 0 Å². The minimum atomic E-state index is -6.78. The van der Waals surface area contributed by atoms with Gasteiger partial charge in [-0.05, 0) is 26.0 Å². The van der Waals surface area contributed by atoms with Gasteiger partial charge < -0.3 is 4.74 Å². The molecule has 0 bridgehead atoms.